The summed E-state index contributed by atoms with van der Waals surface area (Å²) in [5.74, 6) is 1.49. The lowest BCUT2D eigenvalue weighted by Gasteiger charge is -2.28. The van der Waals surface area contributed by atoms with Crippen molar-refractivity contribution in [2.75, 3.05) is 0 Å². The van der Waals surface area contributed by atoms with Gasteiger partial charge in [0, 0.05) is 22.4 Å². The van der Waals surface area contributed by atoms with Crippen molar-refractivity contribution in [3.8, 4) is 11.5 Å². The smallest absolute Gasteiger partial charge is 0.277 e. The normalized spacial score (nSPS) is 15.0. The molecule has 0 unspecified atom stereocenters. The number of hydrogen-bond acceptors (Lipinski definition) is 7. The van der Waals surface area contributed by atoms with Gasteiger partial charge in [0.05, 0.1) is 11.6 Å². The zero-order valence-corrected chi connectivity index (χ0v) is 18.8. The number of thioether (sulfide) groups is 1. The van der Waals surface area contributed by atoms with Gasteiger partial charge in [-0.15, -0.1) is 10.2 Å². The highest BCUT2D eigenvalue weighted by molar-refractivity contribution is 7.98. The van der Waals surface area contributed by atoms with Crippen molar-refractivity contribution in [2.24, 2.45) is 0 Å². The molecule has 0 spiro atoms. The number of aromatic nitrogens is 2. The lowest BCUT2D eigenvalue weighted by atomic mass is 10.1. The summed E-state index contributed by atoms with van der Waals surface area (Å²) in [5.41, 5.74) is 2.24. The first-order valence-electron chi connectivity index (χ1n) is 10.1. The Bertz CT molecular complexity index is 1250. The molecule has 168 valence electrons. The van der Waals surface area contributed by atoms with E-state index in [1.54, 1.807) is 12.1 Å². The van der Waals surface area contributed by atoms with E-state index in [0.717, 1.165) is 5.56 Å². The maximum Gasteiger partial charge on any atom is 0.277 e. The van der Waals surface area contributed by atoms with Crippen LogP contribution in [0, 0.1) is 5.82 Å². The van der Waals surface area contributed by atoms with E-state index in [9.17, 15) is 4.39 Å². The molecule has 1 aromatic heterocycles. The molecule has 0 radical (unpaired) electrons. The zero-order chi connectivity index (χ0) is 22.6. The van der Waals surface area contributed by atoms with Crippen LogP contribution in [0.2, 0.25) is 5.02 Å². The summed E-state index contributed by atoms with van der Waals surface area (Å²) in [6.07, 6.45) is -0.551. The fraction of sp³-hybridized carbons (Fsp3) is 0.167. The average molecular weight is 485 g/mol. The number of para-hydroxylation sites is 1. The van der Waals surface area contributed by atoms with Crippen LogP contribution >= 0.6 is 23.4 Å². The quantitative estimate of drug-likeness (QED) is 0.283. The Morgan fingerprint density at radius 3 is 2.73 bits per heavy atom. The van der Waals surface area contributed by atoms with Gasteiger partial charge in [-0.1, -0.05) is 65.8 Å². The van der Waals surface area contributed by atoms with Crippen LogP contribution in [0.1, 0.15) is 28.9 Å². The standard InChI is InChI=1S/C24H18ClFN2O4S/c25-19-8-4-5-9-20(19)29-13-21-27-28-24(31-21)33-14-17-11-18(26)10-16-12-30-23(32-22(16)17)15-6-2-1-3-7-15/h1-11,23H,12-14H2/t23-/m1/s1. The predicted molar refractivity (Wildman–Crippen MR) is 121 cm³/mol. The van der Waals surface area contributed by atoms with Crippen LogP contribution in [-0.4, -0.2) is 10.2 Å². The van der Waals surface area contributed by atoms with E-state index in [2.05, 4.69) is 10.2 Å². The topological polar surface area (TPSA) is 66.6 Å². The Balaban J connectivity index is 1.26. The van der Waals surface area contributed by atoms with Gasteiger partial charge in [0.2, 0.25) is 6.29 Å². The zero-order valence-electron chi connectivity index (χ0n) is 17.2. The first kappa shape index (κ1) is 21.8. The molecule has 0 saturated heterocycles. The number of fused-ring (bicyclic) bond motifs is 1. The predicted octanol–water partition coefficient (Wildman–Crippen LogP) is 6.34. The second-order valence-corrected chi connectivity index (χ2v) is 8.53. The second kappa shape index (κ2) is 9.82. The fourth-order valence-electron chi connectivity index (χ4n) is 3.35. The lowest BCUT2D eigenvalue weighted by molar-refractivity contribution is -0.112. The van der Waals surface area contributed by atoms with E-state index < -0.39 is 6.29 Å². The van der Waals surface area contributed by atoms with Crippen molar-refractivity contribution in [3.63, 3.8) is 0 Å². The van der Waals surface area contributed by atoms with Crippen molar-refractivity contribution in [1.29, 1.82) is 0 Å². The number of hydrogen-bond donors (Lipinski definition) is 0. The van der Waals surface area contributed by atoms with Crippen LogP contribution < -0.4 is 9.47 Å². The maximum atomic E-state index is 14.2. The van der Waals surface area contributed by atoms with Crippen LogP contribution in [0.25, 0.3) is 0 Å². The molecule has 0 fully saturated rings. The van der Waals surface area contributed by atoms with Gasteiger partial charge >= 0.3 is 0 Å². The van der Waals surface area contributed by atoms with Crippen molar-refractivity contribution < 1.29 is 23.0 Å². The highest BCUT2D eigenvalue weighted by atomic mass is 35.5. The summed E-state index contributed by atoms with van der Waals surface area (Å²) in [6, 6.07) is 19.6. The number of halogens is 2. The summed E-state index contributed by atoms with van der Waals surface area (Å²) in [7, 11) is 0. The van der Waals surface area contributed by atoms with E-state index in [-0.39, 0.29) is 19.0 Å². The first-order chi connectivity index (χ1) is 16.2. The first-order valence-corrected chi connectivity index (χ1v) is 11.5. The molecule has 5 rings (SSSR count). The van der Waals surface area contributed by atoms with Crippen molar-refractivity contribution in [3.05, 3.63) is 100 Å². The number of benzene rings is 3. The van der Waals surface area contributed by atoms with Gasteiger partial charge in [0.1, 0.15) is 17.3 Å². The summed E-state index contributed by atoms with van der Waals surface area (Å²) in [6.45, 7) is 0.347. The molecule has 1 aliphatic heterocycles. The highest BCUT2D eigenvalue weighted by Gasteiger charge is 2.25. The van der Waals surface area contributed by atoms with E-state index >= 15 is 0 Å². The third kappa shape index (κ3) is 5.13. The Morgan fingerprint density at radius 1 is 1.06 bits per heavy atom. The second-order valence-electron chi connectivity index (χ2n) is 7.19. The lowest BCUT2D eigenvalue weighted by Crippen LogP contribution is -2.19. The van der Waals surface area contributed by atoms with E-state index in [1.165, 1.54) is 23.9 Å². The Morgan fingerprint density at radius 2 is 1.88 bits per heavy atom. The molecule has 1 atom stereocenters. The highest BCUT2D eigenvalue weighted by Crippen LogP contribution is 2.38. The van der Waals surface area contributed by atoms with Gasteiger partial charge < -0.3 is 18.6 Å². The summed E-state index contributed by atoms with van der Waals surface area (Å²) in [5, 5.41) is 8.88. The molecule has 3 aromatic carbocycles. The molecule has 6 nitrogen and oxygen atoms in total. The molecule has 0 amide bonds. The molecular formula is C24H18ClFN2O4S. The molecular weight excluding hydrogens is 467 g/mol. The Kier molecular flexibility index (Phi) is 6.48. The van der Waals surface area contributed by atoms with Crippen LogP contribution in [-0.2, 0) is 23.7 Å². The summed E-state index contributed by atoms with van der Waals surface area (Å²) >= 11 is 7.37. The minimum atomic E-state index is -0.551. The van der Waals surface area contributed by atoms with Crippen LogP contribution in [0.15, 0.2) is 76.4 Å². The van der Waals surface area contributed by atoms with Gasteiger partial charge in [-0.05, 0) is 24.3 Å². The van der Waals surface area contributed by atoms with Crippen molar-refractivity contribution in [1.82, 2.24) is 10.2 Å². The SMILES string of the molecule is Fc1cc2c(c(CSc3nnc(COc4ccccc4Cl)o3)c1)O[C@H](c1ccccc1)OC2. The van der Waals surface area contributed by atoms with Crippen LogP contribution in [0.5, 0.6) is 11.5 Å². The van der Waals surface area contributed by atoms with Crippen molar-refractivity contribution in [2.45, 2.75) is 30.5 Å². The molecule has 4 aromatic rings. The molecule has 0 bridgehead atoms. The largest absolute Gasteiger partial charge is 0.482 e. The Hall–Kier alpha value is -3.07. The van der Waals surface area contributed by atoms with Gasteiger partial charge in [-0.3, -0.25) is 0 Å². The molecule has 2 heterocycles. The van der Waals surface area contributed by atoms with E-state index in [4.69, 9.17) is 30.2 Å². The minimum absolute atomic E-state index is 0.0891. The molecule has 0 saturated carbocycles. The number of nitrogens with zero attached hydrogens (tertiary/aromatic N) is 2. The summed E-state index contributed by atoms with van der Waals surface area (Å²) < 4.78 is 37.3. The van der Waals surface area contributed by atoms with Gasteiger partial charge in [0.25, 0.3) is 11.1 Å². The molecule has 0 aliphatic carbocycles. The Labute approximate surface area is 198 Å². The number of rotatable bonds is 7. The molecule has 9 heteroatoms. The molecule has 33 heavy (non-hydrogen) atoms. The van der Waals surface area contributed by atoms with Gasteiger partial charge in [-0.25, -0.2) is 4.39 Å². The van der Waals surface area contributed by atoms with E-state index in [1.807, 2.05) is 42.5 Å². The van der Waals surface area contributed by atoms with Crippen LogP contribution in [0.4, 0.5) is 4.39 Å². The third-order valence-electron chi connectivity index (χ3n) is 4.88. The monoisotopic (exact) mass is 484 g/mol. The van der Waals surface area contributed by atoms with Crippen LogP contribution in [0.3, 0.4) is 0 Å². The minimum Gasteiger partial charge on any atom is -0.482 e. The van der Waals surface area contributed by atoms with Crippen molar-refractivity contribution >= 4 is 23.4 Å². The van der Waals surface area contributed by atoms with E-state index in [0.29, 0.717) is 44.5 Å². The maximum absolute atomic E-state index is 14.2. The van der Waals surface area contributed by atoms with Gasteiger partial charge in [0.15, 0.2) is 6.61 Å². The third-order valence-corrected chi connectivity index (χ3v) is 6.06. The molecule has 1 aliphatic rings. The number of ether oxygens (including phenoxy) is 3. The van der Waals surface area contributed by atoms with Gasteiger partial charge in [-0.2, -0.15) is 0 Å². The fourth-order valence-corrected chi connectivity index (χ4v) is 4.29. The molecule has 0 N–H and O–H groups in total. The summed E-state index contributed by atoms with van der Waals surface area (Å²) in [4.78, 5) is 0. The average Bonchev–Trinajstić information content (AvgIpc) is 3.30.